The highest BCUT2D eigenvalue weighted by atomic mass is 32.2. The molecule has 2 aromatic rings. The van der Waals surface area contributed by atoms with Crippen LogP contribution in [0.5, 0.6) is 0 Å². The van der Waals surface area contributed by atoms with Gasteiger partial charge in [-0.3, -0.25) is 4.79 Å². The molecular formula is C23H33N5O4S. The van der Waals surface area contributed by atoms with E-state index in [1.165, 1.54) is 4.31 Å². The molecule has 0 unspecified atom stereocenters. The molecule has 2 saturated heterocycles. The third-order valence-electron chi connectivity index (χ3n) is 6.71. The number of carbonyl (C=O) groups is 1. The molecule has 2 aliphatic rings. The number of benzene rings is 1. The van der Waals surface area contributed by atoms with Gasteiger partial charge in [-0.25, -0.2) is 8.42 Å². The summed E-state index contributed by atoms with van der Waals surface area (Å²) >= 11 is 0. The molecule has 2 aliphatic heterocycles. The Morgan fingerprint density at radius 3 is 2.36 bits per heavy atom. The van der Waals surface area contributed by atoms with E-state index >= 15 is 0 Å². The normalized spacial score (nSPS) is 19.1. The van der Waals surface area contributed by atoms with E-state index in [0.29, 0.717) is 37.4 Å². The Kier molecular flexibility index (Phi) is 7.06. The van der Waals surface area contributed by atoms with Crippen molar-refractivity contribution in [1.82, 2.24) is 14.4 Å². The molecule has 0 aliphatic carbocycles. The number of piperazine rings is 1. The first kappa shape index (κ1) is 23.7. The highest BCUT2D eigenvalue weighted by molar-refractivity contribution is 7.89. The topological polar surface area (TPSA) is 99.0 Å². The summed E-state index contributed by atoms with van der Waals surface area (Å²) in [5.41, 5.74) is 2.22. The molecule has 3 heterocycles. The molecule has 0 atom stereocenters. The lowest BCUT2D eigenvalue weighted by Gasteiger charge is -2.36. The maximum atomic E-state index is 13.1. The minimum Gasteiger partial charge on any atom is -0.367 e. The third-order valence-corrected chi connectivity index (χ3v) is 8.86. The van der Waals surface area contributed by atoms with Crippen LogP contribution in [-0.4, -0.2) is 74.5 Å². The van der Waals surface area contributed by atoms with Gasteiger partial charge < -0.3 is 19.6 Å². The van der Waals surface area contributed by atoms with E-state index in [9.17, 15) is 13.2 Å². The summed E-state index contributed by atoms with van der Waals surface area (Å²) in [6.07, 6.45) is 0.956. The SMILES string of the molecule is CCN1CCN(c2ccccc2NC(=O)C2CCN(S(=O)(=O)c3c(C)noc3C)CC2)CC1. The number of piperidine rings is 1. The van der Waals surface area contributed by atoms with Gasteiger partial charge in [-0.15, -0.1) is 0 Å². The van der Waals surface area contributed by atoms with E-state index < -0.39 is 10.0 Å². The van der Waals surface area contributed by atoms with Crippen molar-refractivity contribution in [3.63, 3.8) is 0 Å². The average Bonchev–Trinajstić information content (AvgIpc) is 3.18. The van der Waals surface area contributed by atoms with Crippen LogP contribution in [0.3, 0.4) is 0 Å². The second-order valence-corrected chi connectivity index (χ2v) is 10.6. The predicted octanol–water partition coefficient (Wildman–Crippen LogP) is 2.47. The van der Waals surface area contributed by atoms with Crippen molar-refractivity contribution < 1.29 is 17.7 Å². The number of aryl methyl sites for hydroxylation is 2. The molecule has 33 heavy (non-hydrogen) atoms. The standard InChI is InChI=1S/C23H33N5O4S/c1-4-26-13-15-27(16-14-26)21-8-6-5-7-20(21)24-23(29)19-9-11-28(12-10-19)33(30,31)22-17(2)25-32-18(22)3/h5-8,19H,4,9-16H2,1-3H3,(H,24,29). The van der Waals surface area contributed by atoms with Crippen molar-refractivity contribution in [2.75, 3.05) is 56.0 Å². The molecular weight excluding hydrogens is 442 g/mol. The number of carbonyl (C=O) groups excluding carboxylic acids is 1. The monoisotopic (exact) mass is 475 g/mol. The van der Waals surface area contributed by atoms with Gasteiger partial charge in [0.25, 0.3) is 0 Å². The van der Waals surface area contributed by atoms with Gasteiger partial charge in [-0.1, -0.05) is 24.2 Å². The molecule has 1 aromatic heterocycles. The van der Waals surface area contributed by atoms with Crippen LogP contribution in [-0.2, 0) is 14.8 Å². The van der Waals surface area contributed by atoms with E-state index in [2.05, 4.69) is 33.3 Å². The van der Waals surface area contributed by atoms with Crippen molar-refractivity contribution >= 4 is 27.3 Å². The van der Waals surface area contributed by atoms with Gasteiger partial charge in [-0.2, -0.15) is 4.31 Å². The lowest BCUT2D eigenvalue weighted by molar-refractivity contribution is -0.120. The molecule has 4 rings (SSSR count). The van der Waals surface area contributed by atoms with E-state index in [-0.39, 0.29) is 16.7 Å². The molecule has 1 N–H and O–H groups in total. The predicted molar refractivity (Wildman–Crippen MR) is 127 cm³/mol. The number of nitrogens with zero attached hydrogens (tertiary/aromatic N) is 4. The number of amides is 1. The summed E-state index contributed by atoms with van der Waals surface area (Å²) in [6, 6.07) is 7.92. The van der Waals surface area contributed by atoms with Crippen molar-refractivity contribution in [2.45, 2.75) is 38.5 Å². The van der Waals surface area contributed by atoms with Crippen molar-refractivity contribution in [3.05, 3.63) is 35.7 Å². The maximum Gasteiger partial charge on any atom is 0.248 e. The zero-order chi connectivity index (χ0) is 23.6. The minimum atomic E-state index is -3.68. The van der Waals surface area contributed by atoms with E-state index in [1.807, 2.05) is 18.2 Å². The van der Waals surface area contributed by atoms with Crippen LogP contribution >= 0.6 is 0 Å². The Morgan fingerprint density at radius 1 is 1.09 bits per heavy atom. The summed E-state index contributed by atoms with van der Waals surface area (Å²) in [7, 11) is -3.68. The first-order chi connectivity index (χ1) is 15.8. The van der Waals surface area contributed by atoms with Gasteiger partial charge in [0.1, 0.15) is 10.6 Å². The molecule has 0 saturated carbocycles. The molecule has 0 bridgehead atoms. The first-order valence-electron chi connectivity index (χ1n) is 11.6. The zero-order valence-electron chi connectivity index (χ0n) is 19.6. The Labute approximate surface area is 195 Å². The number of anilines is 2. The van der Waals surface area contributed by atoms with Gasteiger partial charge in [0, 0.05) is 45.2 Å². The van der Waals surface area contributed by atoms with Crippen LogP contribution in [0.4, 0.5) is 11.4 Å². The van der Waals surface area contributed by atoms with Gasteiger partial charge in [0.15, 0.2) is 5.76 Å². The molecule has 10 heteroatoms. The molecule has 180 valence electrons. The van der Waals surface area contributed by atoms with Crippen LogP contribution in [0.2, 0.25) is 0 Å². The fourth-order valence-electron chi connectivity index (χ4n) is 4.73. The maximum absolute atomic E-state index is 13.1. The second-order valence-electron chi connectivity index (χ2n) is 8.76. The lowest BCUT2D eigenvalue weighted by atomic mass is 9.97. The van der Waals surface area contributed by atoms with Crippen LogP contribution < -0.4 is 10.2 Å². The number of para-hydroxylation sites is 2. The molecule has 0 spiro atoms. The van der Waals surface area contributed by atoms with Crippen LogP contribution in [0, 0.1) is 19.8 Å². The summed E-state index contributed by atoms with van der Waals surface area (Å²) in [6.45, 7) is 10.9. The number of nitrogens with one attached hydrogen (secondary N) is 1. The van der Waals surface area contributed by atoms with Gasteiger partial charge >= 0.3 is 0 Å². The van der Waals surface area contributed by atoms with Crippen LogP contribution in [0.15, 0.2) is 33.7 Å². The number of sulfonamides is 1. The average molecular weight is 476 g/mol. The van der Waals surface area contributed by atoms with E-state index in [4.69, 9.17) is 4.52 Å². The second kappa shape index (κ2) is 9.82. The number of likely N-dealkylation sites (N-methyl/N-ethyl adjacent to an activating group) is 1. The Morgan fingerprint density at radius 2 is 1.76 bits per heavy atom. The van der Waals surface area contributed by atoms with Gasteiger partial charge in [0.05, 0.1) is 11.4 Å². The number of rotatable bonds is 6. The Balaban J connectivity index is 1.39. The Bertz CT molecular complexity index is 1060. The number of hydrogen-bond acceptors (Lipinski definition) is 7. The Hall–Kier alpha value is -2.43. The quantitative estimate of drug-likeness (QED) is 0.685. The smallest absolute Gasteiger partial charge is 0.248 e. The van der Waals surface area contributed by atoms with E-state index in [1.54, 1.807) is 13.8 Å². The van der Waals surface area contributed by atoms with Crippen molar-refractivity contribution in [1.29, 1.82) is 0 Å². The lowest BCUT2D eigenvalue weighted by Crippen LogP contribution is -2.46. The molecule has 0 radical (unpaired) electrons. The van der Waals surface area contributed by atoms with Gasteiger partial charge in [0.2, 0.25) is 15.9 Å². The molecule has 1 amide bonds. The fourth-order valence-corrected chi connectivity index (χ4v) is 6.49. The molecule has 9 nitrogen and oxygen atoms in total. The minimum absolute atomic E-state index is 0.0518. The van der Waals surface area contributed by atoms with E-state index in [0.717, 1.165) is 44.1 Å². The summed E-state index contributed by atoms with van der Waals surface area (Å²) in [4.78, 5) is 17.9. The highest BCUT2D eigenvalue weighted by Crippen LogP contribution is 2.30. The van der Waals surface area contributed by atoms with Gasteiger partial charge in [-0.05, 0) is 45.4 Å². The summed E-state index contributed by atoms with van der Waals surface area (Å²) in [5, 5.41) is 6.89. The number of aromatic nitrogens is 1. The molecule has 2 fully saturated rings. The van der Waals surface area contributed by atoms with Crippen LogP contribution in [0.1, 0.15) is 31.2 Å². The fraction of sp³-hybridized carbons (Fsp3) is 0.565. The largest absolute Gasteiger partial charge is 0.367 e. The zero-order valence-corrected chi connectivity index (χ0v) is 20.4. The van der Waals surface area contributed by atoms with Crippen molar-refractivity contribution in [3.8, 4) is 0 Å². The highest BCUT2D eigenvalue weighted by Gasteiger charge is 2.35. The summed E-state index contributed by atoms with van der Waals surface area (Å²) < 4.78 is 32.6. The summed E-state index contributed by atoms with van der Waals surface area (Å²) in [5.74, 6) is 0.0129. The molecule has 1 aromatic carbocycles. The third kappa shape index (κ3) is 4.92. The first-order valence-corrected chi connectivity index (χ1v) is 13.1. The van der Waals surface area contributed by atoms with Crippen molar-refractivity contribution in [2.24, 2.45) is 5.92 Å². The van der Waals surface area contributed by atoms with Crippen LogP contribution in [0.25, 0.3) is 0 Å². The number of hydrogen-bond donors (Lipinski definition) is 1.